The highest BCUT2D eigenvalue weighted by Crippen LogP contribution is 2.19. The molecule has 7 nitrogen and oxygen atoms in total. The lowest BCUT2D eigenvalue weighted by Gasteiger charge is -2.31. The molecule has 2 N–H and O–H groups in total. The van der Waals surface area contributed by atoms with Crippen molar-refractivity contribution in [2.45, 2.75) is 38.8 Å². The molecule has 0 spiro atoms. The molecule has 7 heteroatoms. The SMILES string of the molecule is CCOC(=O)C(Cc1ccccc1)(NC(=O)N[C@H](C)c1ccccc1)C(=O)OCC. The summed E-state index contributed by atoms with van der Waals surface area (Å²) in [5.41, 5.74) is -0.447. The molecule has 1 atom stereocenters. The Hall–Kier alpha value is -3.35. The minimum absolute atomic E-state index is 0.0541. The van der Waals surface area contributed by atoms with Crippen molar-refractivity contribution in [3.8, 4) is 0 Å². The largest absolute Gasteiger partial charge is 0.464 e. The number of esters is 2. The van der Waals surface area contributed by atoms with Crippen LogP contribution in [0.25, 0.3) is 0 Å². The molecule has 0 saturated heterocycles. The van der Waals surface area contributed by atoms with Gasteiger partial charge in [-0.25, -0.2) is 14.4 Å². The van der Waals surface area contributed by atoms with E-state index >= 15 is 0 Å². The van der Waals surface area contributed by atoms with Crippen LogP contribution in [0.15, 0.2) is 60.7 Å². The Morgan fingerprint density at radius 3 is 1.87 bits per heavy atom. The van der Waals surface area contributed by atoms with Crippen molar-refractivity contribution in [2.75, 3.05) is 13.2 Å². The fraction of sp³-hybridized carbons (Fsp3) is 0.348. The fourth-order valence-corrected chi connectivity index (χ4v) is 3.04. The predicted octanol–water partition coefficient (Wildman–Crippen LogP) is 3.15. The summed E-state index contributed by atoms with van der Waals surface area (Å²) in [6, 6.07) is 17.3. The first-order chi connectivity index (χ1) is 14.4. The molecule has 2 aromatic rings. The van der Waals surface area contributed by atoms with Crippen LogP contribution in [-0.2, 0) is 25.5 Å². The number of benzene rings is 2. The molecule has 160 valence electrons. The molecule has 0 bridgehead atoms. The van der Waals surface area contributed by atoms with Crippen LogP contribution in [0.5, 0.6) is 0 Å². The summed E-state index contributed by atoms with van der Waals surface area (Å²) in [6.45, 7) is 5.18. The van der Waals surface area contributed by atoms with Crippen molar-refractivity contribution < 1.29 is 23.9 Å². The lowest BCUT2D eigenvalue weighted by molar-refractivity contribution is -0.165. The zero-order chi connectivity index (χ0) is 22.0. The second kappa shape index (κ2) is 11.0. The molecule has 0 fully saturated rings. The van der Waals surface area contributed by atoms with Crippen molar-refractivity contribution >= 4 is 18.0 Å². The summed E-state index contributed by atoms with van der Waals surface area (Å²) in [7, 11) is 0. The van der Waals surface area contributed by atoms with E-state index in [4.69, 9.17) is 9.47 Å². The van der Waals surface area contributed by atoms with E-state index in [0.29, 0.717) is 5.56 Å². The second-order valence-corrected chi connectivity index (χ2v) is 6.74. The van der Waals surface area contributed by atoms with E-state index in [9.17, 15) is 14.4 Å². The first kappa shape index (κ1) is 22.9. The molecule has 0 aliphatic rings. The Morgan fingerprint density at radius 2 is 1.37 bits per heavy atom. The Labute approximate surface area is 176 Å². The predicted molar refractivity (Wildman–Crippen MR) is 113 cm³/mol. The summed E-state index contributed by atoms with van der Waals surface area (Å²) in [5, 5.41) is 5.32. The van der Waals surface area contributed by atoms with Crippen LogP contribution in [0, 0.1) is 0 Å². The van der Waals surface area contributed by atoms with Gasteiger partial charge in [-0.1, -0.05) is 60.7 Å². The van der Waals surface area contributed by atoms with Crippen LogP contribution in [0.3, 0.4) is 0 Å². The highest BCUT2D eigenvalue weighted by Gasteiger charge is 2.50. The van der Waals surface area contributed by atoms with Crippen LogP contribution in [0.2, 0.25) is 0 Å². The summed E-state index contributed by atoms with van der Waals surface area (Å²) in [6.07, 6.45) is -0.0986. The lowest BCUT2D eigenvalue weighted by atomic mass is 9.90. The first-order valence-corrected chi connectivity index (χ1v) is 9.95. The smallest absolute Gasteiger partial charge is 0.344 e. The Balaban J connectivity index is 2.33. The van der Waals surface area contributed by atoms with E-state index in [-0.39, 0.29) is 25.7 Å². The number of nitrogens with one attached hydrogen (secondary N) is 2. The molecule has 0 radical (unpaired) electrons. The van der Waals surface area contributed by atoms with Gasteiger partial charge in [0.1, 0.15) is 0 Å². The van der Waals surface area contributed by atoms with Crippen LogP contribution in [0.1, 0.15) is 37.9 Å². The monoisotopic (exact) mass is 412 g/mol. The molecular weight excluding hydrogens is 384 g/mol. The van der Waals surface area contributed by atoms with E-state index in [1.54, 1.807) is 38.1 Å². The average molecular weight is 412 g/mol. The topological polar surface area (TPSA) is 93.7 Å². The van der Waals surface area contributed by atoms with Crippen molar-refractivity contribution in [2.24, 2.45) is 0 Å². The Morgan fingerprint density at radius 1 is 0.867 bits per heavy atom. The molecule has 30 heavy (non-hydrogen) atoms. The number of ether oxygens (including phenoxy) is 2. The highest BCUT2D eigenvalue weighted by molar-refractivity contribution is 6.08. The Bertz CT molecular complexity index is 821. The maximum Gasteiger partial charge on any atom is 0.344 e. The van der Waals surface area contributed by atoms with Crippen molar-refractivity contribution in [1.82, 2.24) is 10.6 Å². The van der Waals surface area contributed by atoms with Crippen molar-refractivity contribution in [1.29, 1.82) is 0 Å². The molecule has 2 aromatic carbocycles. The van der Waals surface area contributed by atoms with Crippen LogP contribution >= 0.6 is 0 Å². The molecule has 0 unspecified atom stereocenters. The standard InChI is InChI=1S/C23H28N2O5/c1-4-29-20(26)23(21(27)30-5-2,16-18-12-8-6-9-13-18)25-22(28)24-17(3)19-14-10-7-11-15-19/h6-15,17H,4-5,16H2,1-3H3,(H2,24,25,28)/t17-/m1/s1. The van der Waals surface area contributed by atoms with E-state index < -0.39 is 23.5 Å². The number of carbonyl (C=O) groups is 3. The molecule has 0 aliphatic carbocycles. The van der Waals surface area contributed by atoms with Gasteiger partial charge in [-0.2, -0.15) is 0 Å². The second-order valence-electron chi connectivity index (χ2n) is 6.74. The van der Waals surface area contributed by atoms with E-state index in [0.717, 1.165) is 5.56 Å². The van der Waals surface area contributed by atoms with Gasteiger partial charge in [-0.05, 0) is 31.9 Å². The number of carbonyl (C=O) groups excluding carboxylic acids is 3. The third-order valence-electron chi connectivity index (χ3n) is 4.53. The summed E-state index contributed by atoms with van der Waals surface area (Å²) >= 11 is 0. The van der Waals surface area contributed by atoms with Crippen molar-refractivity contribution in [3.05, 3.63) is 71.8 Å². The van der Waals surface area contributed by atoms with Crippen LogP contribution in [-0.4, -0.2) is 36.7 Å². The summed E-state index contributed by atoms with van der Waals surface area (Å²) in [5.74, 6) is -1.73. The van der Waals surface area contributed by atoms with Crippen molar-refractivity contribution in [3.63, 3.8) is 0 Å². The van der Waals surface area contributed by atoms with Gasteiger partial charge in [0.25, 0.3) is 0 Å². The maximum atomic E-state index is 12.9. The quantitative estimate of drug-likeness (QED) is 0.487. The highest BCUT2D eigenvalue weighted by atomic mass is 16.6. The van der Waals surface area contributed by atoms with Crippen LogP contribution in [0.4, 0.5) is 4.79 Å². The first-order valence-electron chi connectivity index (χ1n) is 9.95. The molecule has 0 heterocycles. The molecule has 0 aromatic heterocycles. The number of hydrogen-bond donors (Lipinski definition) is 2. The van der Waals surface area contributed by atoms with Gasteiger partial charge in [0, 0.05) is 6.42 Å². The van der Waals surface area contributed by atoms with Gasteiger partial charge < -0.3 is 20.1 Å². The van der Waals surface area contributed by atoms with Gasteiger partial charge in [-0.3, -0.25) is 0 Å². The third kappa shape index (κ3) is 5.83. The fourth-order valence-electron chi connectivity index (χ4n) is 3.04. The molecule has 0 aliphatic heterocycles. The minimum atomic E-state index is -2.01. The summed E-state index contributed by atoms with van der Waals surface area (Å²) in [4.78, 5) is 38.6. The van der Waals surface area contributed by atoms with E-state index in [2.05, 4.69) is 10.6 Å². The molecule has 0 saturated carbocycles. The number of rotatable bonds is 9. The lowest BCUT2D eigenvalue weighted by Crippen LogP contribution is -2.64. The molecule has 2 rings (SSSR count). The minimum Gasteiger partial charge on any atom is -0.464 e. The van der Waals surface area contributed by atoms with Gasteiger partial charge >= 0.3 is 18.0 Å². The van der Waals surface area contributed by atoms with Gasteiger partial charge in [0.15, 0.2) is 0 Å². The average Bonchev–Trinajstić information content (AvgIpc) is 2.74. The maximum absolute atomic E-state index is 12.9. The van der Waals surface area contributed by atoms with Crippen LogP contribution < -0.4 is 10.6 Å². The van der Waals surface area contributed by atoms with E-state index in [1.807, 2.05) is 43.3 Å². The molecule has 2 amide bonds. The Kier molecular flexibility index (Phi) is 8.41. The summed E-state index contributed by atoms with van der Waals surface area (Å²) < 4.78 is 10.3. The number of hydrogen-bond acceptors (Lipinski definition) is 5. The number of urea groups is 1. The van der Waals surface area contributed by atoms with Gasteiger partial charge in [-0.15, -0.1) is 0 Å². The zero-order valence-corrected chi connectivity index (χ0v) is 17.5. The number of amides is 2. The van der Waals surface area contributed by atoms with Gasteiger partial charge in [0.2, 0.25) is 5.54 Å². The van der Waals surface area contributed by atoms with Gasteiger partial charge in [0.05, 0.1) is 19.3 Å². The molecular formula is C23H28N2O5. The normalized spacial score (nSPS) is 11.8. The third-order valence-corrected chi connectivity index (χ3v) is 4.53. The van der Waals surface area contributed by atoms with E-state index in [1.165, 1.54) is 0 Å². The zero-order valence-electron chi connectivity index (χ0n) is 17.5.